The second-order valence-electron chi connectivity index (χ2n) is 7.83. The fourth-order valence-corrected chi connectivity index (χ4v) is 3.40. The topological polar surface area (TPSA) is 93.0 Å². The highest BCUT2D eigenvalue weighted by atomic mass is 16.5. The Bertz CT molecular complexity index is 846. The average molecular weight is 432 g/mol. The van der Waals surface area contributed by atoms with Crippen molar-refractivity contribution in [3.05, 3.63) is 29.9 Å². The molecule has 1 N–H and O–H groups in total. The van der Waals surface area contributed by atoms with Crippen molar-refractivity contribution in [1.29, 1.82) is 0 Å². The summed E-state index contributed by atoms with van der Waals surface area (Å²) >= 11 is 0. The van der Waals surface area contributed by atoms with Crippen LogP contribution in [0.2, 0.25) is 0 Å². The quantitative estimate of drug-likeness (QED) is 0.614. The van der Waals surface area contributed by atoms with E-state index in [0.717, 1.165) is 32.0 Å². The van der Waals surface area contributed by atoms with Gasteiger partial charge >= 0.3 is 0 Å². The number of hydrogen-bond acceptors (Lipinski definition) is 8. The Morgan fingerprint density at radius 2 is 1.77 bits per heavy atom. The number of carbonyl (C=O) groups is 1. The van der Waals surface area contributed by atoms with Gasteiger partial charge in [0.2, 0.25) is 11.8 Å². The number of aromatic nitrogens is 2. The van der Waals surface area contributed by atoms with Gasteiger partial charge in [-0.1, -0.05) is 19.0 Å². The molecule has 1 aromatic carbocycles. The van der Waals surface area contributed by atoms with Crippen LogP contribution in [-0.2, 0) is 11.3 Å². The van der Waals surface area contributed by atoms with E-state index in [9.17, 15) is 4.79 Å². The Kier molecular flexibility index (Phi) is 8.25. The average Bonchev–Trinajstić information content (AvgIpc) is 3.21. The van der Waals surface area contributed by atoms with Crippen LogP contribution >= 0.6 is 0 Å². The predicted molar refractivity (Wildman–Crippen MR) is 118 cm³/mol. The molecule has 9 heteroatoms. The van der Waals surface area contributed by atoms with Crippen LogP contribution in [0.15, 0.2) is 22.7 Å². The van der Waals surface area contributed by atoms with E-state index in [0.29, 0.717) is 49.4 Å². The summed E-state index contributed by atoms with van der Waals surface area (Å²) in [6.07, 6.45) is 0. The van der Waals surface area contributed by atoms with Gasteiger partial charge in [-0.2, -0.15) is 4.98 Å². The van der Waals surface area contributed by atoms with E-state index < -0.39 is 0 Å². The highest BCUT2D eigenvalue weighted by Gasteiger charge is 2.21. The van der Waals surface area contributed by atoms with Crippen LogP contribution in [0.25, 0.3) is 0 Å². The van der Waals surface area contributed by atoms with Gasteiger partial charge in [-0.3, -0.25) is 14.6 Å². The largest absolute Gasteiger partial charge is 0.490 e. The molecule has 3 rings (SSSR count). The lowest BCUT2D eigenvalue weighted by molar-refractivity contribution is -0.117. The minimum absolute atomic E-state index is 0.0430. The lowest BCUT2D eigenvalue weighted by Crippen LogP contribution is -2.48. The molecule has 1 saturated heterocycles. The van der Waals surface area contributed by atoms with Crippen molar-refractivity contribution in [3.63, 3.8) is 0 Å². The van der Waals surface area contributed by atoms with Gasteiger partial charge in [-0.15, -0.1) is 0 Å². The number of carbonyl (C=O) groups excluding carboxylic acids is 1. The second-order valence-corrected chi connectivity index (χ2v) is 7.83. The van der Waals surface area contributed by atoms with Gasteiger partial charge in [0, 0.05) is 43.9 Å². The van der Waals surface area contributed by atoms with Crippen LogP contribution in [0.3, 0.4) is 0 Å². The zero-order valence-corrected chi connectivity index (χ0v) is 18.9. The number of benzene rings is 1. The molecule has 0 atom stereocenters. The lowest BCUT2D eigenvalue weighted by Gasteiger charge is -2.33. The Labute approximate surface area is 183 Å². The van der Waals surface area contributed by atoms with Crippen LogP contribution in [-0.4, -0.2) is 71.8 Å². The molecule has 0 bridgehead atoms. The van der Waals surface area contributed by atoms with Crippen molar-refractivity contribution in [2.75, 3.05) is 51.3 Å². The Balaban J connectivity index is 1.46. The zero-order valence-electron chi connectivity index (χ0n) is 18.9. The molecular weight excluding hydrogens is 398 g/mol. The first-order valence-corrected chi connectivity index (χ1v) is 10.9. The van der Waals surface area contributed by atoms with Crippen LogP contribution in [0.1, 0.15) is 45.3 Å². The number of rotatable bonds is 10. The first-order valence-electron chi connectivity index (χ1n) is 10.9. The van der Waals surface area contributed by atoms with E-state index in [1.807, 2.05) is 39.8 Å². The zero-order chi connectivity index (χ0) is 22.2. The summed E-state index contributed by atoms with van der Waals surface area (Å²) in [4.78, 5) is 21.4. The Morgan fingerprint density at radius 1 is 1.10 bits per heavy atom. The van der Waals surface area contributed by atoms with E-state index in [1.165, 1.54) is 0 Å². The van der Waals surface area contributed by atoms with E-state index in [2.05, 4.69) is 25.3 Å². The normalized spacial score (nSPS) is 15.3. The van der Waals surface area contributed by atoms with Crippen LogP contribution in [0.4, 0.5) is 5.69 Å². The van der Waals surface area contributed by atoms with Crippen molar-refractivity contribution in [3.8, 4) is 11.5 Å². The fraction of sp³-hybridized carbons (Fsp3) is 0.591. The van der Waals surface area contributed by atoms with Gasteiger partial charge in [-0.05, 0) is 26.0 Å². The molecule has 9 nitrogen and oxygen atoms in total. The molecule has 1 aliphatic rings. The Morgan fingerprint density at radius 3 is 2.42 bits per heavy atom. The first kappa shape index (κ1) is 23.0. The minimum atomic E-state index is -0.0430. The first-order chi connectivity index (χ1) is 15.0. The molecule has 0 radical (unpaired) electrons. The summed E-state index contributed by atoms with van der Waals surface area (Å²) in [7, 11) is 0. The van der Waals surface area contributed by atoms with E-state index in [1.54, 1.807) is 6.07 Å². The van der Waals surface area contributed by atoms with Gasteiger partial charge in [0.1, 0.15) is 0 Å². The molecule has 31 heavy (non-hydrogen) atoms. The van der Waals surface area contributed by atoms with Crippen LogP contribution in [0, 0.1) is 0 Å². The molecule has 2 heterocycles. The maximum absolute atomic E-state index is 12.5. The number of piperazine rings is 1. The van der Waals surface area contributed by atoms with Gasteiger partial charge < -0.3 is 19.3 Å². The summed E-state index contributed by atoms with van der Waals surface area (Å²) in [5.74, 6) is 2.92. The summed E-state index contributed by atoms with van der Waals surface area (Å²) in [6.45, 7) is 13.3. The van der Waals surface area contributed by atoms with Gasteiger partial charge in [0.25, 0.3) is 0 Å². The maximum atomic E-state index is 12.5. The molecule has 1 aliphatic heterocycles. The second kappa shape index (κ2) is 11.1. The molecule has 2 aromatic rings. The van der Waals surface area contributed by atoms with Crippen molar-refractivity contribution >= 4 is 11.6 Å². The summed E-state index contributed by atoms with van der Waals surface area (Å²) < 4.78 is 16.5. The minimum Gasteiger partial charge on any atom is -0.490 e. The van der Waals surface area contributed by atoms with E-state index in [4.69, 9.17) is 14.0 Å². The summed E-state index contributed by atoms with van der Waals surface area (Å²) in [5, 5.41) is 6.97. The molecule has 0 aliphatic carbocycles. The summed E-state index contributed by atoms with van der Waals surface area (Å²) in [5.41, 5.74) is 0.702. The number of ether oxygens (including phenoxy) is 2. The number of anilines is 1. The lowest BCUT2D eigenvalue weighted by atomic mass is 10.2. The molecule has 1 amide bonds. The highest BCUT2D eigenvalue weighted by Crippen LogP contribution is 2.30. The van der Waals surface area contributed by atoms with Gasteiger partial charge in [0.15, 0.2) is 17.3 Å². The molecule has 1 aromatic heterocycles. The maximum Gasteiger partial charge on any atom is 0.240 e. The van der Waals surface area contributed by atoms with Crippen molar-refractivity contribution in [2.45, 2.75) is 40.2 Å². The number of nitrogens with one attached hydrogen (secondary N) is 1. The standard InChI is InChI=1S/C22H33N5O4/c1-5-29-18-8-7-17(13-19(18)30-6-2)23-20(28)14-26-9-11-27(12-10-26)15-21-24-22(16(3)4)25-31-21/h7-8,13,16H,5-6,9-12,14-15H2,1-4H3,(H,23,28). The Hall–Kier alpha value is -2.65. The molecule has 0 unspecified atom stereocenters. The SMILES string of the molecule is CCOc1ccc(NC(=O)CN2CCN(Cc3nc(C(C)C)no3)CC2)cc1OCC. The molecule has 0 saturated carbocycles. The van der Waals surface area contributed by atoms with Crippen molar-refractivity contribution in [2.24, 2.45) is 0 Å². The van der Waals surface area contributed by atoms with E-state index >= 15 is 0 Å². The van der Waals surface area contributed by atoms with Crippen LogP contribution < -0.4 is 14.8 Å². The van der Waals surface area contributed by atoms with Gasteiger partial charge in [0.05, 0.1) is 26.3 Å². The molecular formula is C22H33N5O4. The fourth-order valence-electron chi connectivity index (χ4n) is 3.40. The van der Waals surface area contributed by atoms with Crippen LogP contribution in [0.5, 0.6) is 11.5 Å². The van der Waals surface area contributed by atoms with E-state index in [-0.39, 0.29) is 11.8 Å². The van der Waals surface area contributed by atoms with Crippen molar-refractivity contribution < 1.29 is 18.8 Å². The van der Waals surface area contributed by atoms with Gasteiger partial charge in [-0.25, -0.2) is 0 Å². The summed E-state index contributed by atoms with van der Waals surface area (Å²) in [6, 6.07) is 5.46. The monoisotopic (exact) mass is 431 g/mol. The number of nitrogens with zero attached hydrogens (tertiary/aromatic N) is 4. The number of hydrogen-bond donors (Lipinski definition) is 1. The molecule has 1 fully saturated rings. The van der Waals surface area contributed by atoms with Crippen molar-refractivity contribution in [1.82, 2.24) is 19.9 Å². The smallest absolute Gasteiger partial charge is 0.240 e. The molecule has 0 spiro atoms. The third kappa shape index (κ3) is 6.67. The third-order valence-electron chi connectivity index (χ3n) is 5.02. The number of amides is 1. The third-order valence-corrected chi connectivity index (χ3v) is 5.02. The molecule has 170 valence electrons. The predicted octanol–water partition coefficient (Wildman–Crippen LogP) is 2.75. The highest BCUT2D eigenvalue weighted by molar-refractivity contribution is 5.92.